The average Bonchev–Trinajstić information content (AvgIpc) is 2.43. The fourth-order valence-corrected chi connectivity index (χ4v) is 2.29. The summed E-state index contributed by atoms with van der Waals surface area (Å²) in [7, 11) is 1.70. The van der Waals surface area contributed by atoms with Crippen molar-refractivity contribution in [3.05, 3.63) is 0 Å². The molecule has 1 saturated heterocycles. The predicted molar refractivity (Wildman–Crippen MR) is 51.4 cm³/mol. The number of amides is 1. The van der Waals surface area contributed by atoms with Crippen LogP contribution in [0.4, 0.5) is 0 Å². The molecular weight excluding hydrogens is 166 g/mol. The number of hydrogen-bond acceptors (Lipinski definition) is 2. The van der Waals surface area contributed by atoms with Crippen LogP contribution in [-0.4, -0.2) is 25.7 Å². The van der Waals surface area contributed by atoms with Gasteiger partial charge in [0, 0.05) is 25.0 Å². The van der Waals surface area contributed by atoms with Gasteiger partial charge in [-0.15, -0.1) is 0 Å². The van der Waals surface area contributed by atoms with Gasteiger partial charge in [-0.1, -0.05) is 13.8 Å². The lowest BCUT2D eigenvalue weighted by atomic mass is 9.77. The lowest BCUT2D eigenvalue weighted by Gasteiger charge is -2.31. The molecule has 0 aromatic carbocycles. The Morgan fingerprint density at radius 2 is 2.31 bits per heavy atom. The third-order valence-electron chi connectivity index (χ3n) is 3.13. The van der Waals surface area contributed by atoms with Crippen LogP contribution < -0.4 is 5.32 Å². The van der Waals surface area contributed by atoms with Crippen molar-refractivity contribution in [2.75, 3.05) is 13.7 Å². The van der Waals surface area contributed by atoms with Crippen molar-refractivity contribution in [1.82, 2.24) is 5.32 Å². The molecule has 3 heteroatoms. The lowest BCUT2D eigenvalue weighted by molar-refractivity contribution is -0.120. The summed E-state index contributed by atoms with van der Waals surface area (Å²) in [4.78, 5) is 11.3. The van der Waals surface area contributed by atoms with E-state index in [1.54, 1.807) is 7.11 Å². The number of carbonyl (C=O) groups is 1. The first-order chi connectivity index (χ1) is 6.18. The number of ether oxygens (including phenoxy) is 1. The summed E-state index contributed by atoms with van der Waals surface area (Å²) in [6, 6.07) is 0.296. The zero-order chi connectivity index (χ0) is 9.90. The van der Waals surface area contributed by atoms with E-state index in [1.807, 2.05) is 0 Å². The Morgan fingerprint density at radius 3 is 2.77 bits per heavy atom. The second-order valence-corrected chi connectivity index (χ2v) is 3.85. The molecule has 1 N–H and O–H groups in total. The van der Waals surface area contributed by atoms with Crippen LogP contribution in [0.25, 0.3) is 0 Å². The van der Waals surface area contributed by atoms with E-state index in [0.29, 0.717) is 19.1 Å². The van der Waals surface area contributed by atoms with Crippen LogP contribution in [0.2, 0.25) is 0 Å². The van der Waals surface area contributed by atoms with Crippen molar-refractivity contribution in [2.45, 2.75) is 39.2 Å². The zero-order valence-electron chi connectivity index (χ0n) is 8.72. The molecule has 2 atom stereocenters. The molecule has 2 unspecified atom stereocenters. The molecule has 1 amide bonds. The normalized spacial score (nSPS) is 33.5. The van der Waals surface area contributed by atoms with Gasteiger partial charge in [-0.2, -0.15) is 0 Å². The van der Waals surface area contributed by atoms with Gasteiger partial charge >= 0.3 is 0 Å². The number of methoxy groups -OCH3 is 1. The van der Waals surface area contributed by atoms with E-state index >= 15 is 0 Å². The minimum Gasteiger partial charge on any atom is -0.384 e. The Balaban J connectivity index is 2.76. The van der Waals surface area contributed by atoms with Crippen molar-refractivity contribution in [1.29, 1.82) is 0 Å². The zero-order valence-corrected chi connectivity index (χ0v) is 8.72. The molecule has 0 radical (unpaired) electrons. The summed E-state index contributed by atoms with van der Waals surface area (Å²) in [5.41, 5.74) is 0.0422. The summed E-state index contributed by atoms with van der Waals surface area (Å²) in [5.74, 6) is 0.172. The fraction of sp³-hybridized carbons (Fsp3) is 0.900. The Labute approximate surface area is 79.8 Å². The van der Waals surface area contributed by atoms with Crippen LogP contribution in [0.15, 0.2) is 0 Å². The maximum atomic E-state index is 11.3. The quantitative estimate of drug-likeness (QED) is 0.717. The van der Waals surface area contributed by atoms with Gasteiger partial charge in [0.05, 0.1) is 6.61 Å². The van der Waals surface area contributed by atoms with Crippen LogP contribution >= 0.6 is 0 Å². The first kappa shape index (κ1) is 10.5. The lowest BCUT2D eigenvalue weighted by Crippen LogP contribution is -2.39. The van der Waals surface area contributed by atoms with Gasteiger partial charge in [0.15, 0.2) is 0 Å². The molecule has 0 aromatic rings. The van der Waals surface area contributed by atoms with Gasteiger partial charge in [0.25, 0.3) is 0 Å². The molecule has 0 saturated carbocycles. The largest absolute Gasteiger partial charge is 0.384 e. The van der Waals surface area contributed by atoms with Crippen molar-refractivity contribution < 1.29 is 9.53 Å². The Hall–Kier alpha value is -0.570. The maximum Gasteiger partial charge on any atom is 0.220 e. The summed E-state index contributed by atoms with van der Waals surface area (Å²) in [6.45, 7) is 4.92. The van der Waals surface area contributed by atoms with E-state index in [-0.39, 0.29) is 11.3 Å². The molecule has 3 nitrogen and oxygen atoms in total. The van der Waals surface area contributed by atoms with Crippen molar-refractivity contribution in [3.63, 3.8) is 0 Å². The predicted octanol–water partition coefficient (Wildman–Crippen LogP) is 1.33. The van der Waals surface area contributed by atoms with E-state index in [2.05, 4.69) is 19.2 Å². The highest BCUT2D eigenvalue weighted by molar-refractivity contribution is 5.80. The number of carbonyl (C=O) groups excluding carboxylic acids is 1. The molecule has 1 rings (SSSR count). The van der Waals surface area contributed by atoms with Gasteiger partial charge in [-0.05, 0) is 12.8 Å². The molecule has 0 aliphatic carbocycles. The molecular formula is C10H19NO2. The van der Waals surface area contributed by atoms with Crippen molar-refractivity contribution >= 4 is 5.91 Å². The summed E-state index contributed by atoms with van der Waals surface area (Å²) in [6.07, 6.45) is 2.61. The van der Waals surface area contributed by atoms with Crippen LogP contribution in [-0.2, 0) is 9.53 Å². The Bertz CT molecular complexity index is 193. The highest BCUT2D eigenvalue weighted by Crippen LogP contribution is 2.37. The highest BCUT2D eigenvalue weighted by atomic mass is 16.5. The number of hydrogen-bond donors (Lipinski definition) is 1. The molecule has 0 spiro atoms. The molecule has 1 aliphatic rings. The summed E-state index contributed by atoms with van der Waals surface area (Å²) >= 11 is 0. The smallest absolute Gasteiger partial charge is 0.220 e. The summed E-state index contributed by atoms with van der Waals surface area (Å²) < 4.78 is 5.21. The molecule has 1 heterocycles. The maximum absolute atomic E-state index is 11.3. The van der Waals surface area contributed by atoms with Crippen LogP contribution in [0.1, 0.15) is 33.1 Å². The average molecular weight is 185 g/mol. The first-order valence-corrected chi connectivity index (χ1v) is 4.97. The minimum atomic E-state index is 0.0422. The monoisotopic (exact) mass is 185 g/mol. The first-order valence-electron chi connectivity index (χ1n) is 4.97. The van der Waals surface area contributed by atoms with Crippen molar-refractivity contribution in [2.24, 2.45) is 5.41 Å². The summed E-state index contributed by atoms with van der Waals surface area (Å²) in [5, 5.41) is 3.01. The van der Waals surface area contributed by atoms with Crippen LogP contribution in [0, 0.1) is 5.41 Å². The minimum absolute atomic E-state index is 0.0422. The number of rotatable bonds is 4. The molecule has 0 bridgehead atoms. The molecule has 0 aromatic heterocycles. The van der Waals surface area contributed by atoms with Crippen LogP contribution in [0.5, 0.6) is 0 Å². The third-order valence-corrected chi connectivity index (χ3v) is 3.13. The van der Waals surface area contributed by atoms with E-state index in [1.165, 1.54) is 0 Å². The standard InChI is InChI=1S/C10H19NO2/c1-4-8-10(5-2,7-13-3)6-9(12)11-8/h8H,4-7H2,1-3H3,(H,11,12). The number of nitrogens with one attached hydrogen (secondary N) is 1. The highest BCUT2D eigenvalue weighted by Gasteiger charge is 2.44. The van der Waals surface area contributed by atoms with Gasteiger partial charge in [-0.25, -0.2) is 0 Å². The van der Waals surface area contributed by atoms with Gasteiger partial charge in [0.2, 0.25) is 5.91 Å². The van der Waals surface area contributed by atoms with E-state index in [0.717, 1.165) is 12.8 Å². The second kappa shape index (κ2) is 4.09. The van der Waals surface area contributed by atoms with E-state index < -0.39 is 0 Å². The third kappa shape index (κ3) is 1.85. The topological polar surface area (TPSA) is 38.3 Å². The van der Waals surface area contributed by atoms with Crippen molar-refractivity contribution in [3.8, 4) is 0 Å². The van der Waals surface area contributed by atoms with E-state index in [9.17, 15) is 4.79 Å². The molecule has 1 fully saturated rings. The Morgan fingerprint density at radius 1 is 1.62 bits per heavy atom. The SMILES string of the molecule is CCC1NC(=O)CC1(CC)COC. The van der Waals surface area contributed by atoms with Gasteiger partial charge in [-0.3, -0.25) is 4.79 Å². The van der Waals surface area contributed by atoms with Gasteiger partial charge < -0.3 is 10.1 Å². The van der Waals surface area contributed by atoms with Crippen LogP contribution in [0.3, 0.4) is 0 Å². The molecule has 13 heavy (non-hydrogen) atoms. The molecule has 76 valence electrons. The van der Waals surface area contributed by atoms with E-state index in [4.69, 9.17) is 4.74 Å². The second-order valence-electron chi connectivity index (χ2n) is 3.85. The van der Waals surface area contributed by atoms with Gasteiger partial charge in [0.1, 0.15) is 0 Å². The fourth-order valence-electron chi connectivity index (χ4n) is 2.29. The molecule has 1 aliphatic heterocycles. The Kier molecular flexibility index (Phi) is 3.31.